The molecule has 0 atom stereocenters. The van der Waals surface area contributed by atoms with Crippen LogP contribution < -0.4 is 5.32 Å². The van der Waals surface area contributed by atoms with Gasteiger partial charge >= 0.3 is 0 Å². The molecule has 27 heavy (non-hydrogen) atoms. The topological polar surface area (TPSA) is 59.8 Å². The predicted octanol–water partition coefficient (Wildman–Crippen LogP) is 4.56. The average Bonchev–Trinajstić information content (AvgIpc) is 2.87. The zero-order valence-corrected chi connectivity index (χ0v) is 15.0. The molecule has 134 valence electrons. The van der Waals surface area contributed by atoms with Crippen molar-refractivity contribution in [1.29, 1.82) is 0 Å². The molecule has 1 aliphatic rings. The van der Waals surface area contributed by atoms with Crippen molar-refractivity contribution in [3.05, 3.63) is 66.1 Å². The fourth-order valence-electron chi connectivity index (χ4n) is 3.93. The van der Waals surface area contributed by atoms with E-state index in [4.69, 9.17) is 4.98 Å². The lowest BCUT2D eigenvalue weighted by Gasteiger charge is -2.08. The van der Waals surface area contributed by atoms with Gasteiger partial charge in [-0.1, -0.05) is 18.6 Å². The van der Waals surface area contributed by atoms with E-state index in [0.717, 1.165) is 46.4 Å². The highest BCUT2D eigenvalue weighted by atomic mass is 16.1. The summed E-state index contributed by atoms with van der Waals surface area (Å²) in [5.74, 6) is 1.03. The molecule has 0 unspecified atom stereocenters. The summed E-state index contributed by atoms with van der Waals surface area (Å²) in [6, 6.07) is 15.4. The van der Waals surface area contributed by atoms with Crippen molar-refractivity contribution < 1.29 is 4.79 Å². The first-order valence-corrected chi connectivity index (χ1v) is 9.44. The van der Waals surface area contributed by atoms with E-state index in [2.05, 4.69) is 20.9 Å². The van der Waals surface area contributed by atoms with Crippen LogP contribution in [0.25, 0.3) is 21.9 Å². The monoisotopic (exact) mass is 356 g/mol. The molecule has 1 aliphatic heterocycles. The number of carbonyl (C=O) groups excluding carboxylic acids is 1. The second-order valence-electron chi connectivity index (χ2n) is 7.02. The number of amides is 1. The Hall–Kier alpha value is -3.21. The Balaban J connectivity index is 1.48. The molecular weight excluding hydrogens is 336 g/mol. The number of hydrogen-bond acceptors (Lipinski definition) is 3. The van der Waals surface area contributed by atoms with Crippen LogP contribution in [0.4, 0.5) is 5.69 Å². The Labute approximate surface area is 157 Å². The van der Waals surface area contributed by atoms with Gasteiger partial charge in [0.15, 0.2) is 0 Å². The van der Waals surface area contributed by atoms with Gasteiger partial charge < -0.3 is 9.88 Å². The third kappa shape index (κ3) is 2.85. The normalized spacial score (nSPS) is 14.1. The van der Waals surface area contributed by atoms with Crippen molar-refractivity contribution in [3.63, 3.8) is 0 Å². The zero-order valence-electron chi connectivity index (χ0n) is 15.0. The van der Waals surface area contributed by atoms with Crippen LogP contribution in [-0.4, -0.2) is 20.4 Å². The van der Waals surface area contributed by atoms with Crippen LogP contribution >= 0.6 is 0 Å². The van der Waals surface area contributed by atoms with Crippen molar-refractivity contribution >= 4 is 33.5 Å². The first kappa shape index (κ1) is 16.0. The Kier molecular flexibility index (Phi) is 3.85. The first-order chi connectivity index (χ1) is 13.3. The van der Waals surface area contributed by atoms with Crippen molar-refractivity contribution in [2.24, 2.45) is 0 Å². The predicted molar refractivity (Wildman–Crippen MR) is 107 cm³/mol. The smallest absolute Gasteiger partial charge is 0.256 e. The molecule has 5 rings (SSSR count). The van der Waals surface area contributed by atoms with Gasteiger partial charge in [-0.25, -0.2) is 4.98 Å². The summed E-state index contributed by atoms with van der Waals surface area (Å²) < 4.78 is 2.32. The molecule has 0 saturated carbocycles. The van der Waals surface area contributed by atoms with Crippen LogP contribution in [0.5, 0.6) is 0 Å². The van der Waals surface area contributed by atoms with Crippen LogP contribution in [0.1, 0.15) is 35.4 Å². The van der Waals surface area contributed by atoms with Gasteiger partial charge in [0.25, 0.3) is 5.91 Å². The van der Waals surface area contributed by atoms with Gasteiger partial charge in [0, 0.05) is 35.8 Å². The van der Waals surface area contributed by atoms with E-state index >= 15 is 0 Å². The molecule has 3 heterocycles. The van der Waals surface area contributed by atoms with Gasteiger partial charge in [-0.05, 0) is 49.2 Å². The summed E-state index contributed by atoms with van der Waals surface area (Å²) in [5.41, 5.74) is 4.31. The summed E-state index contributed by atoms with van der Waals surface area (Å²) in [6.45, 7) is 1.03. The van der Waals surface area contributed by atoms with Gasteiger partial charge in [-0.3, -0.25) is 9.78 Å². The van der Waals surface area contributed by atoms with E-state index in [0.29, 0.717) is 5.56 Å². The van der Waals surface area contributed by atoms with Gasteiger partial charge in [-0.15, -0.1) is 0 Å². The van der Waals surface area contributed by atoms with Crippen molar-refractivity contribution in [2.45, 2.75) is 32.2 Å². The number of aryl methyl sites for hydroxylation is 2. The second kappa shape index (κ2) is 6.50. The van der Waals surface area contributed by atoms with E-state index < -0.39 is 0 Å². The molecule has 4 aromatic rings. The number of imidazole rings is 1. The lowest BCUT2D eigenvalue weighted by molar-refractivity contribution is 0.102. The van der Waals surface area contributed by atoms with Crippen LogP contribution in [0.3, 0.4) is 0 Å². The number of hydrogen-bond donors (Lipinski definition) is 1. The van der Waals surface area contributed by atoms with Crippen molar-refractivity contribution in [3.8, 4) is 0 Å². The molecular formula is C22H20N4O. The van der Waals surface area contributed by atoms with Crippen LogP contribution in [0, 0.1) is 0 Å². The lowest BCUT2D eigenvalue weighted by atomic mass is 10.1. The number of pyridine rings is 1. The summed E-state index contributed by atoms with van der Waals surface area (Å²) in [7, 11) is 0. The summed E-state index contributed by atoms with van der Waals surface area (Å²) in [4.78, 5) is 22.0. The number of nitrogens with zero attached hydrogens (tertiary/aromatic N) is 3. The minimum atomic E-state index is -0.131. The molecule has 1 amide bonds. The number of aromatic nitrogens is 3. The molecule has 5 nitrogen and oxygen atoms in total. The fourth-order valence-corrected chi connectivity index (χ4v) is 3.93. The molecule has 0 spiro atoms. The third-order valence-corrected chi connectivity index (χ3v) is 5.26. The molecule has 2 aromatic carbocycles. The Morgan fingerprint density at radius 1 is 1.00 bits per heavy atom. The quantitative estimate of drug-likeness (QED) is 0.573. The number of nitrogens with one attached hydrogen (secondary N) is 1. The standard InChI is InChI=1S/C22H20N4O/c27-22(17-6-4-8-18-16(17)7-5-12-23-18)24-15-10-11-20-19(14-15)25-21-9-2-1-3-13-26(20)21/h4-8,10-12,14H,1-3,9,13H2,(H,24,27). The zero-order chi connectivity index (χ0) is 18.2. The van der Waals surface area contributed by atoms with E-state index in [9.17, 15) is 4.79 Å². The molecule has 0 saturated heterocycles. The van der Waals surface area contributed by atoms with E-state index in [1.165, 1.54) is 19.3 Å². The lowest BCUT2D eigenvalue weighted by Crippen LogP contribution is -2.12. The molecule has 0 bridgehead atoms. The fraction of sp³-hybridized carbons (Fsp3) is 0.227. The first-order valence-electron chi connectivity index (χ1n) is 9.44. The van der Waals surface area contributed by atoms with E-state index in [1.807, 2.05) is 42.5 Å². The van der Waals surface area contributed by atoms with Gasteiger partial charge in [0.05, 0.1) is 16.6 Å². The maximum absolute atomic E-state index is 12.8. The van der Waals surface area contributed by atoms with Gasteiger partial charge in [0.2, 0.25) is 0 Å². The number of rotatable bonds is 2. The van der Waals surface area contributed by atoms with Gasteiger partial charge in [-0.2, -0.15) is 0 Å². The maximum atomic E-state index is 12.8. The minimum absolute atomic E-state index is 0.131. The highest BCUT2D eigenvalue weighted by molar-refractivity contribution is 6.12. The molecule has 2 aromatic heterocycles. The van der Waals surface area contributed by atoms with E-state index in [1.54, 1.807) is 6.20 Å². The maximum Gasteiger partial charge on any atom is 0.256 e. The number of fused-ring (bicyclic) bond motifs is 4. The van der Waals surface area contributed by atoms with Crippen LogP contribution in [0.2, 0.25) is 0 Å². The van der Waals surface area contributed by atoms with Crippen LogP contribution in [0.15, 0.2) is 54.7 Å². The molecule has 1 N–H and O–H groups in total. The van der Waals surface area contributed by atoms with E-state index in [-0.39, 0.29) is 5.91 Å². The third-order valence-electron chi connectivity index (χ3n) is 5.26. The summed E-state index contributed by atoms with van der Waals surface area (Å²) >= 11 is 0. The highest BCUT2D eigenvalue weighted by Gasteiger charge is 2.15. The summed E-state index contributed by atoms with van der Waals surface area (Å²) in [5, 5.41) is 3.87. The van der Waals surface area contributed by atoms with Crippen molar-refractivity contribution in [2.75, 3.05) is 5.32 Å². The number of carbonyl (C=O) groups is 1. The Morgan fingerprint density at radius 3 is 2.93 bits per heavy atom. The van der Waals surface area contributed by atoms with Crippen LogP contribution in [-0.2, 0) is 13.0 Å². The number of benzene rings is 2. The van der Waals surface area contributed by atoms with Gasteiger partial charge in [0.1, 0.15) is 5.82 Å². The molecule has 0 aliphatic carbocycles. The average molecular weight is 356 g/mol. The Morgan fingerprint density at radius 2 is 1.96 bits per heavy atom. The minimum Gasteiger partial charge on any atom is -0.328 e. The molecule has 0 fully saturated rings. The largest absolute Gasteiger partial charge is 0.328 e. The molecule has 5 heteroatoms. The highest BCUT2D eigenvalue weighted by Crippen LogP contribution is 2.25. The summed E-state index contributed by atoms with van der Waals surface area (Å²) in [6.07, 6.45) is 6.42. The Bertz CT molecular complexity index is 1160. The SMILES string of the molecule is O=C(Nc1ccc2c(c1)nc1n2CCCCC1)c1cccc2ncccc12. The van der Waals surface area contributed by atoms with Crippen molar-refractivity contribution in [1.82, 2.24) is 14.5 Å². The number of anilines is 1. The second-order valence-corrected chi connectivity index (χ2v) is 7.02. The molecule has 0 radical (unpaired) electrons.